The third-order valence-corrected chi connectivity index (χ3v) is 1.85. The zero-order chi connectivity index (χ0) is 7.11. The summed E-state index contributed by atoms with van der Waals surface area (Å²) in [5.41, 5.74) is 7.87. The monoisotopic (exact) mass is 147 g/mol. The molecule has 5 heteroatoms. The van der Waals surface area contributed by atoms with Crippen molar-refractivity contribution in [3.8, 4) is 0 Å². The smallest absolute Gasteiger partial charge is 0.0551 e. The summed E-state index contributed by atoms with van der Waals surface area (Å²) in [7, 11) is 0. The molecular formula is C4H9N3OS. The quantitative estimate of drug-likeness (QED) is 0.366. The number of thioether (sulfide) groups is 1. The maximum atomic E-state index is 8.55. The number of aliphatic hydroxyl groups is 1. The molecule has 9 heavy (non-hydrogen) atoms. The molecule has 52 valence electrons. The molecule has 0 rings (SSSR count). The van der Waals surface area contributed by atoms with Gasteiger partial charge in [0.25, 0.3) is 0 Å². The molecule has 0 saturated heterocycles. The lowest BCUT2D eigenvalue weighted by atomic mass is 10.5. The first kappa shape index (κ1) is 8.62. The number of aliphatic hydroxyl groups excluding tert-OH is 1. The lowest BCUT2D eigenvalue weighted by Crippen LogP contribution is -2.10. The Bertz CT molecular complexity index is 108. The maximum Gasteiger partial charge on any atom is 0.0551 e. The van der Waals surface area contributed by atoms with Crippen LogP contribution in [0.25, 0.3) is 10.4 Å². The summed E-state index contributed by atoms with van der Waals surface area (Å²) in [5.74, 6) is 0. The second-order valence-corrected chi connectivity index (χ2v) is 2.59. The van der Waals surface area contributed by atoms with E-state index in [4.69, 9.17) is 10.6 Å². The highest BCUT2D eigenvalue weighted by Crippen LogP contribution is 2.04. The van der Waals surface area contributed by atoms with Gasteiger partial charge in [-0.05, 0) is 11.8 Å². The molecule has 0 aliphatic carbocycles. The first-order valence-corrected chi connectivity index (χ1v) is 3.78. The van der Waals surface area contributed by atoms with Gasteiger partial charge in [0.05, 0.1) is 6.61 Å². The number of azide groups is 1. The van der Waals surface area contributed by atoms with Crippen LogP contribution in [0.15, 0.2) is 5.11 Å². The highest BCUT2D eigenvalue weighted by molar-refractivity contribution is 7.99. The summed E-state index contributed by atoms with van der Waals surface area (Å²) in [6.07, 6.45) is 1.87. The van der Waals surface area contributed by atoms with E-state index >= 15 is 0 Å². The SMILES string of the molecule is CSC(CO)CN=[N+]=[N-]. The fourth-order valence-electron chi connectivity index (χ4n) is 0.334. The molecule has 0 fully saturated rings. The van der Waals surface area contributed by atoms with Crippen molar-refractivity contribution >= 4 is 11.8 Å². The van der Waals surface area contributed by atoms with E-state index in [-0.39, 0.29) is 11.9 Å². The van der Waals surface area contributed by atoms with Crippen LogP contribution < -0.4 is 0 Å². The predicted molar refractivity (Wildman–Crippen MR) is 38.4 cm³/mol. The summed E-state index contributed by atoms with van der Waals surface area (Å²) in [6, 6.07) is 0. The number of hydrogen-bond donors (Lipinski definition) is 1. The van der Waals surface area contributed by atoms with Crippen LogP contribution in [-0.4, -0.2) is 29.8 Å². The van der Waals surface area contributed by atoms with E-state index in [0.717, 1.165) is 0 Å². The molecule has 1 N–H and O–H groups in total. The van der Waals surface area contributed by atoms with Crippen LogP contribution in [0.2, 0.25) is 0 Å². The van der Waals surface area contributed by atoms with Crippen molar-refractivity contribution < 1.29 is 5.11 Å². The van der Waals surface area contributed by atoms with Crippen molar-refractivity contribution in [1.82, 2.24) is 0 Å². The molecule has 0 aliphatic rings. The average Bonchev–Trinajstić information content (AvgIpc) is 1.91. The second kappa shape index (κ2) is 5.75. The van der Waals surface area contributed by atoms with Crippen LogP contribution >= 0.6 is 11.8 Å². The molecule has 1 unspecified atom stereocenters. The van der Waals surface area contributed by atoms with Gasteiger partial charge in [0, 0.05) is 16.7 Å². The van der Waals surface area contributed by atoms with Crippen molar-refractivity contribution in [1.29, 1.82) is 0 Å². The van der Waals surface area contributed by atoms with Crippen LogP contribution in [0.3, 0.4) is 0 Å². The Morgan fingerprint density at radius 1 is 1.89 bits per heavy atom. The third-order valence-electron chi connectivity index (χ3n) is 0.885. The van der Waals surface area contributed by atoms with E-state index in [1.807, 2.05) is 6.26 Å². The summed E-state index contributed by atoms with van der Waals surface area (Å²) in [5, 5.41) is 11.9. The second-order valence-electron chi connectivity index (χ2n) is 1.45. The first-order chi connectivity index (χ1) is 4.35. The van der Waals surface area contributed by atoms with Crippen molar-refractivity contribution in [3.05, 3.63) is 10.4 Å². The zero-order valence-corrected chi connectivity index (χ0v) is 6.01. The first-order valence-electron chi connectivity index (χ1n) is 2.49. The molecule has 0 aliphatic heterocycles. The van der Waals surface area contributed by atoms with Crippen LogP contribution in [0.5, 0.6) is 0 Å². The van der Waals surface area contributed by atoms with Crippen molar-refractivity contribution in [2.24, 2.45) is 5.11 Å². The van der Waals surface area contributed by atoms with Crippen LogP contribution in [0, 0.1) is 0 Å². The van der Waals surface area contributed by atoms with Gasteiger partial charge in [-0.15, -0.1) is 0 Å². The van der Waals surface area contributed by atoms with E-state index < -0.39 is 0 Å². The van der Waals surface area contributed by atoms with Crippen molar-refractivity contribution in [3.63, 3.8) is 0 Å². The number of nitrogens with zero attached hydrogens (tertiary/aromatic N) is 3. The number of rotatable bonds is 4. The zero-order valence-electron chi connectivity index (χ0n) is 5.19. The van der Waals surface area contributed by atoms with E-state index in [2.05, 4.69) is 10.0 Å². The van der Waals surface area contributed by atoms with Gasteiger partial charge in [0.1, 0.15) is 0 Å². The average molecular weight is 147 g/mol. The van der Waals surface area contributed by atoms with Crippen LogP contribution in [0.1, 0.15) is 0 Å². The van der Waals surface area contributed by atoms with Crippen LogP contribution in [-0.2, 0) is 0 Å². The fraction of sp³-hybridized carbons (Fsp3) is 1.00. The van der Waals surface area contributed by atoms with Gasteiger partial charge in [0.15, 0.2) is 0 Å². The lowest BCUT2D eigenvalue weighted by molar-refractivity contribution is 0.296. The summed E-state index contributed by atoms with van der Waals surface area (Å²) < 4.78 is 0. The highest BCUT2D eigenvalue weighted by atomic mass is 32.2. The Kier molecular flexibility index (Phi) is 5.51. The Balaban J connectivity index is 3.42. The van der Waals surface area contributed by atoms with Gasteiger partial charge >= 0.3 is 0 Å². The largest absolute Gasteiger partial charge is 0.395 e. The highest BCUT2D eigenvalue weighted by Gasteiger charge is 2.00. The minimum atomic E-state index is 0.0564. The molecule has 1 atom stereocenters. The molecule has 4 nitrogen and oxygen atoms in total. The Labute approximate surface area is 57.9 Å². The molecule has 0 bridgehead atoms. The molecule has 0 radical (unpaired) electrons. The van der Waals surface area contributed by atoms with Gasteiger partial charge in [-0.25, -0.2) is 0 Å². The molecule has 0 spiro atoms. The lowest BCUT2D eigenvalue weighted by Gasteiger charge is -2.04. The van der Waals surface area contributed by atoms with Gasteiger partial charge in [-0.1, -0.05) is 5.11 Å². The standard InChI is InChI=1S/C4H9N3OS/c1-9-4(3-8)2-6-7-5/h4,8H,2-3H2,1H3. The van der Waals surface area contributed by atoms with E-state index in [1.165, 1.54) is 11.8 Å². The van der Waals surface area contributed by atoms with Gasteiger partial charge in [-0.3, -0.25) is 0 Å². The molecule has 0 heterocycles. The van der Waals surface area contributed by atoms with Crippen molar-refractivity contribution in [2.75, 3.05) is 19.4 Å². The maximum absolute atomic E-state index is 8.55. The predicted octanol–water partition coefficient (Wildman–Crippen LogP) is 1.02. The van der Waals surface area contributed by atoms with Gasteiger partial charge in [0.2, 0.25) is 0 Å². The minimum absolute atomic E-state index is 0.0564. The molecular weight excluding hydrogens is 138 g/mol. The van der Waals surface area contributed by atoms with E-state index in [9.17, 15) is 0 Å². The van der Waals surface area contributed by atoms with Crippen molar-refractivity contribution in [2.45, 2.75) is 5.25 Å². The molecule has 0 saturated carbocycles. The Morgan fingerprint density at radius 2 is 2.56 bits per heavy atom. The molecule has 0 aromatic heterocycles. The fourth-order valence-corrected chi connectivity index (χ4v) is 0.699. The third kappa shape index (κ3) is 4.14. The normalized spacial score (nSPS) is 12.2. The topological polar surface area (TPSA) is 69.0 Å². The Morgan fingerprint density at radius 3 is 2.89 bits per heavy atom. The molecule has 0 amide bonds. The molecule has 0 aromatic rings. The van der Waals surface area contributed by atoms with Gasteiger partial charge < -0.3 is 5.11 Å². The summed E-state index contributed by atoms with van der Waals surface area (Å²) in [6.45, 7) is 0.439. The Hall–Kier alpha value is -0.380. The summed E-state index contributed by atoms with van der Waals surface area (Å²) in [4.78, 5) is 2.57. The van der Waals surface area contributed by atoms with Gasteiger partial charge in [-0.2, -0.15) is 11.8 Å². The number of hydrogen-bond acceptors (Lipinski definition) is 3. The van der Waals surface area contributed by atoms with Crippen LogP contribution in [0.4, 0.5) is 0 Å². The summed E-state index contributed by atoms with van der Waals surface area (Å²) >= 11 is 1.50. The minimum Gasteiger partial charge on any atom is -0.395 e. The van der Waals surface area contributed by atoms with E-state index in [1.54, 1.807) is 0 Å². The molecule has 0 aromatic carbocycles. The van der Waals surface area contributed by atoms with E-state index in [0.29, 0.717) is 6.54 Å².